The number of carbonyl (C=O) groups excluding carboxylic acids is 1. The number of anilines is 1. The van der Waals surface area contributed by atoms with Crippen LogP contribution in [0.2, 0.25) is 0 Å². The van der Waals surface area contributed by atoms with Crippen molar-refractivity contribution in [2.75, 3.05) is 17.5 Å². The quantitative estimate of drug-likeness (QED) is 0.711. The molecule has 1 aliphatic carbocycles. The minimum Gasteiger partial charge on any atom is -0.494 e. The van der Waals surface area contributed by atoms with Crippen LogP contribution >= 0.6 is 0 Å². The monoisotopic (exact) mass is 416 g/mol. The van der Waals surface area contributed by atoms with Gasteiger partial charge in [0.1, 0.15) is 12.3 Å². The van der Waals surface area contributed by atoms with E-state index in [-0.39, 0.29) is 23.4 Å². The van der Waals surface area contributed by atoms with E-state index in [0.29, 0.717) is 18.0 Å². The van der Waals surface area contributed by atoms with Gasteiger partial charge in [0.25, 0.3) is 10.0 Å². The molecule has 1 amide bonds. The summed E-state index contributed by atoms with van der Waals surface area (Å²) in [6, 6.07) is 15.1. The van der Waals surface area contributed by atoms with Gasteiger partial charge in [0, 0.05) is 6.04 Å². The molecule has 0 aromatic heterocycles. The van der Waals surface area contributed by atoms with Gasteiger partial charge in [0.15, 0.2) is 0 Å². The first kappa shape index (κ1) is 21.2. The van der Waals surface area contributed by atoms with Gasteiger partial charge in [0.2, 0.25) is 5.91 Å². The number of nitrogens with zero attached hydrogens (tertiary/aromatic N) is 1. The van der Waals surface area contributed by atoms with E-state index in [1.165, 1.54) is 22.9 Å². The predicted molar refractivity (Wildman–Crippen MR) is 114 cm³/mol. The number of amides is 1. The van der Waals surface area contributed by atoms with Crippen LogP contribution in [0.3, 0.4) is 0 Å². The van der Waals surface area contributed by atoms with Gasteiger partial charge in [-0.3, -0.25) is 9.10 Å². The predicted octanol–water partition coefficient (Wildman–Crippen LogP) is 3.73. The number of hydrogen-bond acceptors (Lipinski definition) is 4. The van der Waals surface area contributed by atoms with Gasteiger partial charge in [-0.25, -0.2) is 8.42 Å². The molecule has 3 rings (SSSR count). The minimum absolute atomic E-state index is 0.121. The van der Waals surface area contributed by atoms with Crippen molar-refractivity contribution >= 4 is 21.6 Å². The molecule has 156 valence electrons. The van der Waals surface area contributed by atoms with Crippen LogP contribution in [0.1, 0.15) is 39.0 Å². The van der Waals surface area contributed by atoms with Crippen LogP contribution in [-0.4, -0.2) is 33.5 Å². The fourth-order valence-electron chi connectivity index (χ4n) is 3.56. The average Bonchev–Trinajstić information content (AvgIpc) is 2.74. The maximum Gasteiger partial charge on any atom is 0.264 e. The van der Waals surface area contributed by atoms with Crippen LogP contribution in [0.4, 0.5) is 5.69 Å². The third-order valence-electron chi connectivity index (χ3n) is 5.02. The van der Waals surface area contributed by atoms with Gasteiger partial charge >= 0.3 is 0 Å². The highest BCUT2D eigenvalue weighted by atomic mass is 32.2. The summed E-state index contributed by atoms with van der Waals surface area (Å²) in [7, 11) is -3.90. The van der Waals surface area contributed by atoms with Crippen molar-refractivity contribution in [2.24, 2.45) is 0 Å². The summed E-state index contributed by atoms with van der Waals surface area (Å²) >= 11 is 0. The van der Waals surface area contributed by atoms with Crippen molar-refractivity contribution in [3.63, 3.8) is 0 Å². The van der Waals surface area contributed by atoms with Crippen molar-refractivity contribution in [2.45, 2.75) is 50.0 Å². The van der Waals surface area contributed by atoms with E-state index in [4.69, 9.17) is 4.74 Å². The Morgan fingerprint density at radius 3 is 2.31 bits per heavy atom. The van der Waals surface area contributed by atoms with Gasteiger partial charge in [-0.15, -0.1) is 0 Å². The summed E-state index contributed by atoms with van der Waals surface area (Å²) in [6.45, 7) is 2.12. The summed E-state index contributed by atoms with van der Waals surface area (Å²) < 4.78 is 33.2. The highest BCUT2D eigenvalue weighted by molar-refractivity contribution is 7.92. The van der Waals surface area contributed by atoms with Crippen LogP contribution in [0.25, 0.3) is 0 Å². The first-order valence-electron chi connectivity index (χ1n) is 10.1. The Bertz CT molecular complexity index is 892. The second-order valence-corrected chi connectivity index (χ2v) is 9.02. The second kappa shape index (κ2) is 9.78. The Labute approximate surface area is 172 Å². The molecule has 1 fully saturated rings. The third-order valence-corrected chi connectivity index (χ3v) is 6.81. The number of carbonyl (C=O) groups is 1. The Morgan fingerprint density at radius 1 is 1.03 bits per heavy atom. The van der Waals surface area contributed by atoms with E-state index >= 15 is 0 Å². The summed E-state index contributed by atoms with van der Waals surface area (Å²) in [5.74, 6) is 0.322. The maximum atomic E-state index is 13.3. The van der Waals surface area contributed by atoms with E-state index in [0.717, 1.165) is 25.7 Å². The fraction of sp³-hybridized carbons (Fsp3) is 0.409. The highest BCUT2D eigenvalue weighted by Crippen LogP contribution is 2.25. The first-order valence-corrected chi connectivity index (χ1v) is 11.5. The molecule has 2 aromatic carbocycles. The lowest BCUT2D eigenvalue weighted by molar-refractivity contribution is -0.120. The van der Waals surface area contributed by atoms with E-state index in [1.807, 2.05) is 13.0 Å². The van der Waals surface area contributed by atoms with Gasteiger partial charge < -0.3 is 10.1 Å². The molecule has 7 heteroatoms. The zero-order valence-corrected chi connectivity index (χ0v) is 17.5. The number of hydrogen-bond donors (Lipinski definition) is 1. The largest absolute Gasteiger partial charge is 0.494 e. The number of benzene rings is 2. The zero-order valence-electron chi connectivity index (χ0n) is 16.7. The second-order valence-electron chi connectivity index (χ2n) is 7.15. The SMILES string of the molecule is CCOc1ccc(S(=O)(=O)N(CC(=O)NC2CCCCC2)c2ccccc2)cc1. The molecule has 29 heavy (non-hydrogen) atoms. The Morgan fingerprint density at radius 2 is 1.69 bits per heavy atom. The van der Waals surface area contributed by atoms with Crippen LogP contribution in [0, 0.1) is 0 Å². The number of nitrogens with one attached hydrogen (secondary N) is 1. The van der Waals surface area contributed by atoms with Crippen molar-refractivity contribution in [3.8, 4) is 5.75 Å². The molecule has 1 aliphatic rings. The lowest BCUT2D eigenvalue weighted by Crippen LogP contribution is -2.44. The number of ether oxygens (including phenoxy) is 1. The molecule has 0 unspecified atom stereocenters. The van der Waals surface area contributed by atoms with Gasteiger partial charge in [-0.2, -0.15) is 0 Å². The molecule has 0 saturated heterocycles. The minimum atomic E-state index is -3.90. The highest BCUT2D eigenvalue weighted by Gasteiger charge is 2.28. The molecule has 2 aromatic rings. The van der Waals surface area contributed by atoms with Crippen molar-refractivity contribution < 1.29 is 17.9 Å². The number of sulfonamides is 1. The van der Waals surface area contributed by atoms with Crippen molar-refractivity contribution in [3.05, 3.63) is 54.6 Å². The summed E-state index contributed by atoms with van der Waals surface area (Å²) in [6.07, 6.45) is 5.27. The summed E-state index contributed by atoms with van der Waals surface area (Å²) in [5.41, 5.74) is 0.458. The molecule has 0 spiro atoms. The lowest BCUT2D eigenvalue weighted by Gasteiger charge is -2.27. The molecule has 0 heterocycles. The molecule has 0 aliphatic heterocycles. The van der Waals surface area contributed by atoms with E-state index in [2.05, 4.69) is 5.32 Å². The van der Waals surface area contributed by atoms with E-state index < -0.39 is 10.0 Å². The summed E-state index contributed by atoms with van der Waals surface area (Å²) in [5, 5.41) is 3.00. The van der Waals surface area contributed by atoms with Crippen LogP contribution in [-0.2, 0) is 14.8 Å². The van der Waals surface area contributed by atoms with Gasteiger partial charge in [0.05, 0.1) is 17.2 Å². The van der Waals surface area contributed by atoms with E-state index in [9.17, 15) is 13.2 Å². The van der Waals surface area contributed by atoms with E-state index in [1.54, 1.807) is 36.4 Å². The Hall–Kier alpha value is -2.54. The van der Waals surface area contributed by atoms with Crippen molar-refractivity contribution in [1.29, 1.82) is 0 Å². The van der Waals surface area contributed by atoms with Gasteiger partial charge in [-0.1, -0.05) is 37.5 Å². The molecule has 1 N–H and O–H groups in total. The summed E-state index contributed by atoms with van der Waals surface area (Å²) in [4.78, 5) is 12.8. The van der Waals surface area contributed by atoms with Crippen LogP contribution in [0.15, 0.2) is 59.5 Å². The topological polar surface area (TPSA) is 75.7 Å². The maximum absolute atomic E-state index is 13.3. The van der Waals surface area contributed by atoms with Crippen LogP contribution in [0.5, 0.6) is 5.75 Å². The van der Waals surface area contributed by atoms with Gasteiger partial charge in [-0.05, 0) is 56.2 Å². The van der Waals surface area contributed by atoms with Crippen molar-refractivity contribution in [1.82, 2.24) is 5.32 Å². The smallest absolute Gasteiger partial charge is 0.264 e. The molecule has 0 radical (unpaired) electrons. The zero-order chi connectivity index (χ0) is 20.7. The molecule has 0 atom stereocenters. The number of para-hydroxylation sites is 1. The Kier molecular flexibility index (Phi) is 7.14. The third kappa shape index (κ3) is 5.50. The normalized spacial score (nSPS) is 14.9. The standard InChI is InChI=1S/C22H28N2O4S/c1-2-28-20-13-15-21(16-14-20)29(26,27)24(19-11-7-4-8-12-19)17-22(25)23-18-9-5-3-6-10-18/h4,7-8,11-16,18H,2-3,5-6,9-10,17H2,1H3,(H,23,25). The Balaban J connectivity index is 1.83. The first-order chi connectivity index (χ1) is 14.0. The molecular weight excluding hydrogens is 388 g/mol. The number of rotatable bonds is 8. The lowest BCUT2D eigenvalue weighted by atomic mass is 9.95. The molecule has 6 nitrogen and oxygen atoms in total. The molecule has 1 saturated carbocycles. The van der Waals surface area contributed by atoms with Crippen LogP contribution < -0.4 is 14.4 Å². The fourth-order valence-corrected chi connectivity index (χ4v) is 4.98. The molecule has 0 bridgehead atoms. The average molecular weight is 417 g/mol. The molecular formula is C22H28N2O4S.